The van der Waals surface area contributed by atoms with Gasteiger partial charge in [-0.1, -0.05) is 0 Å². The average molecular weight is 409 g/mol. The summed E-state index contributed by atoms with van der Waals surface area (Å²) in [6.07, 6.45) is 0. The smallest absolute Gasteiger partial charge is 0 e. The molecule has 5 heavy (non-hydrogen) atoms. The number of hydrogen-bond acceptors (Lipinski definition) is 0. The molecule has 0 N–H and O–H groups in total. The molecular weight excluding hydrogens is 409 g/mol. The SMILES string of the molecule is [Cl][Eu]([Cl])[Cl].[Sm]. The molecule has 34 valence electrons. The fourth-order valence-electron chi connectivity index (χ4n) is 0. The fourth-order valence-corrected chi connectivity index (χ4v) is 0. The van der Waals surface area contributed by atoms with E-state index in [1.54, 1.807) is 0 Å². The zero-order chi connectivity index (χ0) is 3.58. The van der Waals surface area contributed by atoms with Crippen molar-refractivity contribution < 1.29 is 77.4 Å². The maximum Gasteiger partial charge on any atom is 0 e. The van der Waals surface area contributed by atoms with Gasteiger partial charge in [-0.15, -0.1) is 0 Å². The van der Waals surface area contributed by atoms with E-state index in [1.165, 1.54) is 0 Å². The molecule has 0 aromatic rings. The second-order valence-corrected chi connectivity index (χ2v) is 10.8. The van der Waals surface area contributed by atoms with E-state index in [-0.39, 0.29) is 40.4 Å². The summed E-state index contributed by atoms with van der Waals surface area (Å²) < 4.78 is 15.0. The van der Waals surface area contributed by atoms with Crippen molar-refractivity contribution in [3.63, 3.8) is 0 Å². The molecule has 0 nitrogen and oxygen atoms in total. The molecule has 0 saturated carbocycles. The van der Waals surface area contributed by atoms with Gasteiger partial charge in [0.1, 0.15) is 0 Å². The Labute approximate surface area is 86.3 Å². The van der Waals surface area contributed by atoms with E-state index < -0.39 is 37.0 Å². The minimum Gasteiger partial charge on any atom is 0 e. The van der Waals surface area contributed by atoms with Crippen LogP contribution in [0, 0.1) is 77.4 Å². The number of hydrogen-bond donors (Lipinski definition) is 0. The van der Waals surface area contributed by atoms with Gasteiger partial charge in [-0.05, 0) is 0 Å². The molecule has 0 radical (unpaired) electrons. The Hall–Kier alpha value is 3.79. The molecule has 0 atom stereocenters. The van der Waals surface area contributed by atoms with E-state index in [9.17, 15) is 0 Å². The van der Waals surface area contributed by atoms with Crippen LogP contribution < -0.4 is 0 Å². The van der Waals surface area contributed by atoms with Gasteiger partial charge in [-0.25, -0.2) is 0 Å². The predicted octanol–water partition coefficient (Wildman–Crippen LogP) is 2.07. The predicted molar refractivity (Wildman–Crippen MR) is 17.6 cm³/mol. The third-order valence-electron chi connectivity index (χ3n) is 0. The maximum absolute atomic E-state index is 4.99. The van der Waals surface area contributed by atoms with E-state index in [2.05, 4.69) is 0 Å². The second kappa shape index (κ2) is 7.79. The first-order valence-corrected chi connectivity index (χ1v) is 9.54. The summed E-state index contributed by atoms with van der Waals surface area (Å²) in [7, 11) is 0. The van der Waals surface area contributed by atoms with Crippen LogP contribution in [0.1, 0.15) is 0 Å². The minimum absolute atomic E-state index is 0. The van der Waals surface area contributed by atoms with Crippen LogP contribution in [-0.2, 0) is 0 Å². The summed E-state index contributed by atoms with van der Waals surface area (Å²) in [5.41, 5.74) is 0. The maximum atomic E-state index is 4.99. The molecule has 0 fully saturated rings. The summed E-state index contributed by atoms with van der Waals surface area (Å²) in [5, 5.41) is 0. The van der Waals surface area contributed by atoms with Gasteiger partial charge in [0, 0.05) is 40.4 Å². The van der Waals surface area contributed by atoms with Crippen molar-refractivity contribution in [2.45, 2.75) is 0 Å². The van der Waals surface area contributed by atoms with Crippen LogP contribution in [0.4, 0.5) is 0 Å². The van der Waals surface area contributed by atoms with E-state index in [4.69, 9.17) is 12.5 Å². The van der Waals surface area contributed by atoms with E-state index in [1.807, 2.05) is 0 Å². The first kappa shape index (κ1) is 11.6. The summed E-state index contributed by atoms with van der Waals surface area (Å²) >= 11 is -2.05. The van der Waals surface area contributed by atoms with Gasteiger partial charge in [-0.3, -0.25) is 0 Å². The molecule has 0 amide bonds. The van der Waals surface area contributed by atoms with Gasteiger partial charge in [0.05, 0.1) is 0 Å². The van der Waals surface area contributed by atoms with E-state index in [0.717, 1.165) is 0 Å². The Kier molecular flexibility index (Phi) is 18.0. The Balaban J connectivity index is 0. The largest absolute Gasteiger partial charge is 0 e. The normalized spacial score (nSPS) is 9.00. The molecule has 0 spiro atoms. The molecular formula is Cl3EuSm. The summed E-state index contributed by atoms with van der Waals surface area (Å²) in [4.78, 5) is 0. The third kappa shape index (κ3) is 18.2. The van der Waals surface area contributed by atoms with Crippen molar-refractivity contribution in [3.8, 4) is 0 Å². The van der Waals surface area contributed by atoms with Crippen LogP contribution >= 0.6 is 12.5 Å². The van der Waals surface area contributed by atoms with Crippen molar-refractivity contribution in [3.05, 3.63) is 0 Å². The standard InChI is InChI=1S/3ClH.Eu.Sm/h3*1H;;/q;;;+3;/p-3. The van der Waals surface area contributed by atoms with Crippen LogP contribution in [0.3, 0.4) is 0 Å². The number of halogens is 3. The Morgan fingerprint density at radius 3 is 1.00 bits per heavy atom. The first-order chi connectivity index (χ1) is 1.73. The zero-order valence-corrected chi connectivity index (χ0v) is 9.23. The van der Waals surface area contributed by atoms with Crippen molar-refractivity contribution in [1.29, 1.82) is 0 Å². The van der Waals surface area contributed by atoms with E-state index >= 15 is 0 Å². The molecule has 0 heterocycles. The fraction of sp³-hybridized carbons (Fsp3) is 0. The molecule has 0 aliphatic heterocycles. The van der Waals surface area contributed by atoms with Crippen LogP contribution in [0.2, 0.25) is 0 Å². The molecule has 0 rings (SSSR count). The minimum atomic E-state index is -2.05. The second-order valence-electron chi connectivity index (χ2n) is 0.162. The molecule has 0 aliphatic carbocycles. The van der Waals surface area contributed by atoms with E-state index in [0.29, 0.717) is 0 Å². The quantitative estimate of drug-likeness (QED) is 0.576. The topological polar surface area (TPSA) is 0 Å². The zero-order valence-electron chi connectivity index (χ0n) is 1.92. The molecule has 5 heteroatoms. The van der Waals surface area contributed by atoms with Crippen molar-refractivity contribution >= 4 is 12.5 Å². The molecule has 0 bridgehead atoms. The molecule has 0 unspecified atom stereocenters. The summed E-state index contributed by atoms with van der Waals surface area (Å²) in [5.74, 6) is 0. The van der Waals surface area contributed by atoms with Crippen molar-refractivity contribution in [2.75, 3.05) is 0 Å². The Bertz CT molecular complexity index is 11.6. The molecule has 0 saturated heterocycles. The van der Waals surface area contributed by atoms with Crippen LogP contribution in [-0.4, -0.2) is 0 Å². The van der Waals surface area contributed by atoms with Crippen molar-refractivity contribution in [2.24, 2.45) is 0 Å². The Morgan fingerprint density at radius 2 is 1.00 bits per heavy atom. The summed E-state index contributed by atoms with van der Waals surface area (Å²) in [6.45, 7) is 0. The van der Waals surface area contributed by atoms with Gasteiger partial charge in [0.15, 0.2) is 0 Å². The molecule has 0 aromatic carbocycles. The van der Waals surface area contributed by atoms with Crippen molar-refractivity contribution in [1.82, 2.24) is 0 Å². The molecule has 0 aromatic heterocycles. The van der Waals surface area contributed by atoms with Gasteiger partial charge < -0.3 is 0 Å². The van der Waals surface area contributed by atoms with Gasteiger partial charge in [0.2, 0.25) is 0 Å². The van der Waals surface area contributed by atoms with Crippen LogP contribution in [0.25, 0.3) is 0 Å². The third-order valence-corrected chi connectivity index (χ3v) is 0. The Morgan fingerprint density at radius 1 is 1.00 bits per heavy atom. The molecule has 0 aliphatic rings. The van der Waals surface area contributed by atoms with Gasteiger partial charge >= 0.3 is 49.4 Å². The first-order valence-electron chi connectivity index (χ1n) is 0.429. The number of rotatable bonds is 0. The van der Waals surface area contributed by atoms with Gasteiger partial charge in [-0.2, -0.15) is 0 Å². The monoisotopic (exact) mass is 410 g/mol. The van der Waals surface area contributed by atoms with Crippen LogP contribution in [0.5, 0.6) is 0 Å². The average Bonchev–Trinajstić information content (AvgIpc) is 0.811. The van der Waals surface area contributed by atoms with Crippen LogP contribution in [0.15, 0.2) is 0 Å². The summed E-state index contributed by atoms with van der Waals surface area (Å²) in [6, 6.07) is 0. The van der Waals surface area contributed by atoms with Gasteiger partial charge in [0.25, 0.3) is 0 Å².